The number of hydrogen-bond donors (Lipinski definition) is 0. The number of nitrogens with zero attached hydrogens (tertiary/aromatic N) is 4. The van der Waals surface area contributed by atoms with Crippen molar-refractivity contribution >= 4 is 27.5 Å². The average Bonchev–Trinajstić information content (AvgIpc) is 3.14. The van der Waals surface area contributed by atoms with Gasteiger partial charge in [-0.3, -0.25) is 9.48 Å². The number of thiazole rings is 1. The molecule has 0 radical (unpaired) electrons. The fraction of sp³-hybridized carbons (Fsp3) is 0.450. The van der Waals surface area contributed by atoms with E-state index in [1.807, 2.05) is 56.5 Å². The number of carbonyl (C=O) groups excluding carboxylic acids is 1. The number of aromatic nitrogens is 3. The Hall–Kier alpha value is -2.45. The van der Waals surface area contributed by atoms with Crippen LogP contribution in [0.2, 0.25) is 0 Å². The van der Waals surface area contributed by atoms with E-state index >= 15 is 0 Å². The van der Waals surface area contributed by atoms with Gasteiger partial charge in [0.25, 0.3) is 5.91 Å². The van der Waals surface area contributed by atoms with E-state index in [0.717, 1.165) is 27.4 Å². The van der Waals surface area contributed by atoms with Crippen LogP contribution in [0.15, 0.2) is 29.3 Å². The molecule has 2 heterocycles. The van der Waals surface area contributed by atoms with E-state index in [4.69, 9.17) is 9.47 Å². The van der Waals surface area contributed by atoms with Gasteiger partial charge >= 0.3 is 0 Å². The molecule has 0 bridgehead atoms. The molecule has 28 heavy (non-hydrogen) atoms. The maximum Gasteiger partial charge on any atom is 0.270 e. The summed E-state index contributed by atoms with van der Waals surface area (Å²) in [5, 5.41) is 4.35. The molecule has 3 rings (SSSR count). The molecule has 0 saturated heterocycles. The first-order chi connectivity index (χ1) is 13.5. The molecule has 3 aromatic rings. The predicted molar refractivity (Wildman–Crippen MR) is 110 cm³/mol. The number of carbonyl (C=O) groups is 1. The number of aryl methyl sites for hydroxylation is 2. The number of amides is 1. The predicted octanol–water partition coefficient (Wildman–Crippen LogP) is 3.08. The molecule has 1 amide bonds. The van der Waals surface area contributed by atoms with Gasteiger partial charge in [0.2, 0.25) is 0 Å². The first-order valence-electron chi connectivity index (χ1n) is 9.44. The number of hydrogen-bond acceptors (Lipinski definition) is 5. The smallest absolute Gasteiger partial charge is 0.270 e. The molecule has 8 heteroatoms. The van der Waals surface area contributed by atoms with E-state index in [1.165, 1.54) is 11.3 Å². The van der Waals surface area contributed by atoms with Crippen LogP contribution in [-0.4, -0.2) is 40.1 Å². The molecule has 1 aromatic carbocycles. The summed E-state index contributed by atoms with van der Waals surface area (Å²) >= 11 is 1.48. The Balaban J connectivity index is 1.96. The van der Waals surface area contributed by atoms with E-state index in [-0.39, 0.29) is 12.5 Å². The quantitative estimate of drug-likeness (QED) is 0.543. The lowest BCUT2D eigenvalue weighted by molar-refractivity contribution is -0.118. The zero-order valence-electron chi connectivity index (χ0n) is 16.8. The normalized spacial score (nSPS) is 12.1. The van der Waals surface area contributed by atoms with Crippen LogP contribution in [0.4, 0.5) is 0 Å². The standard InChI is InChI=1S/C20H26N4O3S/c1-5-26-10-9-23-17-8-7-16(27-6-2)12-18(17)28-20(23)21-19(25)13-24-15(4)11-14(3)22-24/h7-8,11-12H,5-6,9-10,13H2,1-4H3. The highest BCUT2D eigenvalue weighted by Gasteiger charge is 2.11. The van der Waals surface area contributed by atoms with Crippen molar-refractivity contribution in [2.75, 3.05) is 19.8 Å². The monoisotopic (exact) mass is 402 g/mol. The lowest BCUT2D eigenvalue weighted by Crippen LogP contribution is -2.21. The van der Waals surface area contributed by atoms with Crippen LogP contribution >= 0.6 is 11.3 Å². The highest BCUT2D eigenvalue weighted by Crippen LogP contribution is 2.23. The lowest BCUT2D eigenvalue weighted by Gasteiger charge is -2.06. The minimum atomic E-state index is -0.229. The van der Waals surface area contributed by atoms with Gasteiger partial charge in [0.05, 0.1) is 29.1 Å². The summed E-state index contributed by atoms with van der Waals surface area (Å²) in [4.78, 5) is 17.6. The van der Waals surface area contributed by atoms with Gasteiger partial charge in [-0.2, -0.15) is 10.1 Å². The molecule has 0 aliphatic carbocycles. The van der Waals surface area contributed by atoms with Crippen molar-refractivity contribution in [2.45, 2.75) is 40.8 Å². The first kappa shape index (κ1) is 20.3. The first-order valence-corrected chi connectivity index (χ1v) is 10.3. The zero-order chi connectivity index (χ0) is 20.1. The molecule has 0 spiro atoms. The van der Waals surface area contributed by atoms with E-state index in [1.54, 1.807) is 4.68 Å². The molecular formula is C20H26N4O3S. The Bertz CT molecular complexity index is 1030. The Morgan fingerprint density at radius 2 is 2.04 bits per heavy atom. The Labute approximate surface area is 168 Å². The van der Waals surface area contributed by atoms with E-state index in [0.29, 0.717) is 31.2 Å². The number of rotatable bonds is 8. The van der Waals surface area contributed by atoms with Crippen LogP contribution < -0.4 is 9.54 Å². The van der Waals surface area contributed by atoms with Gasteiger partial charge < -0.3 is 14.0 Å². The van der Waals surface area contributed by atoms with Crippen molar-refractivity contribution in [3.63, 3.8) is 0 Å². The molecule has 0 N–H and O–H groups in total. The molecule has 0 atom stereocenters. The van der Waals surface area contributed by atoms with Crippen LogP contribution in [0, 0.1) is 13.8 Å². The molecular weight excluding hydrogens is 376 g/mol. The summed E-state index contributed by atoms with van der Waals surface area (Å²) < 4.78 is 15.9. The topological polar surface area (TPSA) is 70.6 Å². The van der Waals surface area contributed by atoms with Crippen molar-refractivity contribution in [2.24, 2.45) is 4.99 Å². The van der Waals surface area contributed by atoms with Crippen molar-refractivity contribution < 1.29 is 14.3 Å². The van der Waals surface area contributed by atoms with Crippen molar-refractivity contribution in [3.05, 3.63) is 40.5 Å². The summed E-state index contributed by atoms with van der Waals surface area (Å²) in [5.41, 5.74) is 2.86. The van der Waals surface area contributed by atoms with Crippen LogP contribution in [-0.2, 0) is 22.6 Å². The van der Waals surface area contributed by atoms with Crippen LogP contribution in [0.5, 0.6) is 5.75 Å². The van der Waals surface area contributed by atoms with Gasteiger partial charge in [0, 0.05) is 18.8 Å². The number of ether oxygens (including phenoxy) is 2. The zero-order valence-corrected chi connectivity index (χ0v) is 17.6. The van der Waals surface area contributed by atoms with Crippen LogP contribution in [0.25, 0.3) is 10.2 Å². The minimum absolute atomic E-state index is 0.129. The number of fused-ring (bicyclic) bond motifs is 1. The van der Waals surface area contributed by atoms with Gasteiger partial charge in [-0.1, -0.05) is 11.3 Å². The van der Waals surface area contributed by atoms with Crippen molar-refractivity contribution in [1.82, 2.24) is 14.3 Å². The van der Waals surface area contributed by atoms with Gasteiger partial charge in [0.15, 0.2) is 4.80 Å². The molecule has 2 aromatic heterocycles. The average molecular weight is 403 g/mol. The van der Waals surface area contributed by atoms with Crippen molar-refractivity contribution in [1.29, 1.82) is 0 Å². The molecule has 0 unspecified atom stereocenters. The Morgan fingerprint density at radius 1 is 1.21 bits per heavy atom. The molecule has 0 saturated carbocycles. The Morgan fingerprint density at radius 3 is 2.71 bits per heavy atom. The second-order valence-electron chi connectivity index (χ2n) is 6.39. The minimum Gasteiger partial charge on any atom is -0.494 e. The highest BCUT2D eigenvalue weighted by atomic mass is 32.1. The van der Waals surface area contributed by atoms with Crippen LogP contribution in [0.3, 0.4) is 0 Å². The van der Waals surface area contributed by atoms with E-state index in [9.17, 15) is 4.79 Å². The third-order valence-corrected chi connectivity index (χ3v) is 5.28. The maximum atomic E-state index is 12.6. The summed E-state index contributed by atoms with van der Waals surface area (Å²) in [5.74, 6) is 0.585. The fourth-order valence-electron chi connectivity index (χ4n) is 3.02. The lowest BCUT2D eigenvalue weighted by atomic mass is 10.3. The van der Waals surface area contributed by atoms with Gasteiger partial charge in [0.1, 0.15) is 12.3 Å². The SMILES string of the molecule is CCOCCn1c(=NC(=O)Cn2nc(C)cc2C)sc2cc(OCC)ccc21. The second-order valence-corrected chi connectivity index (χ2v) is 7.40. The Kier molecular flexibility index (Phi) is 6.64. The summed E-state index contributed by atoms with van der Waals surface area (Å²) in [6, 6.07) is 7.89. The highest BCUT2D eigenvalue weighted by molar-refractivity contribution is 7.16. The largest absolute Gasteiger partial charge is 0.494 e. The summed E-state index contributed by atoms with van der Waals surface area (Å²) in [6.07, 6.45) is 0. The van der Waals surface area contributed by atoms with Crippen LogP contribution in [0.1, 0.15) is 25.2 Å². The summed E-state index contributed by atoms with van der Waals surface area (Å²) in [6.45, 7) is 10.4. The molecule has 0 aliphatic heterocycles. The van der Waals surface area contributed by atoms with E-state index < -0.39 is 0 Å². The molecule has 0 aliphatic rings. The van der Waals surface area contributed by atoms with Gasteiger partial charge in [-0.25, -0.2) is 0 Å². The third-order valence-electron chi connectivity index (χ3n) is 4.24. The molecule has 150 valence electrons. The van der Waals surface area contributed by atoms with Gasteiger partial charge in [-0.05, 0) is 52.0 Å². The molecule has 7 nitrogen and oxygen atoms in total. The van der Waals surface area contributed by atoms with Crippen molar-refractivity contribution in [3.8, 4) is 5.75 Å². The fourth-order valence-corrected chi connectivity index (χ4v) is 4.12. The maximum absolute atomic E-state index is 12.6. The summed E-state index contributed by atoms with van der Waals surface area (Å²) in [7, 11) is 0. The number of benzene rings is 1. The second kappa shape index (κ2) is 9.16. The van der Waals surface area contributed by atoms with E-state index in [2.05, 4.69) is 10.1 Å². The van der Waals surface area contributed by atoms with Gasteiger partial charge in [-0.15, -0.1) is 0 Å². The third kappa shape index (κ3) is 4.69. The molecule has 0 fully saturated rings.